The molecule has 0 fully saturated rings. The molecule has 3 aliphatic rings. The van der Waals surface area contributed by atoms with E-state index in [0.29, 0.717) is 61.0 Å². The molecule has 1 aromatic carbocycles. The van der Waals surface area contributed by atoms with Gasteiger partial charge in [-0.1, -0.05) is 33.3 Å². The van der Waals surface area contributed by atoms with Crippen molar-refractivity contribution in [3.8, 4) is 11.4 Å². The zero-order valence-corrected chi connectivity index (χ0v) is 35.4. The lowest BCUT2D eigenvalue weighted by molar-refractivity contribution is -0.172. The minimum atomic E-state index is -1.95. The number of cyclic esters (lactones) is 1. The number of halogens is 1. The number of benzene rings is 1. The largest absolute Gasteiger partial charge is 0.458 e. The average molecular weight is 857 g/mol. The molecule has 16 nitrogen and oxygen atoms in total. The van der Waals surface area contributed by atoms with Crippen LogP contribution in [-0.4, -0.2) is 87.0 Å². The topological polar surface area (TPSA) is 215 Å². The quantitative estimate of drug-likeness (QED) is 0.0333. The highest BCUT2D eigenvalue weighted by Crippen LogP contribution is 2.39. The van der Waals surface area contributed by atoms with Gasteiger partial charge in [0.25, 0.3) is 17.4 Å². The van der Waals surface area contributed by atoms with Crippen LogP contribution in [0.5, 0.6) is 0 Å². The maximum absolute atomic E-state index is 15.3. The maximum Gasteiger partial charge on any atom is 0.343 e. The number of carbonyl (C=O) groups excluding carboxylic acids is 6. The van der Waals surface area contributed by atoms with Gasteiger partial charge in [0.15, 0.2) is 5.60 Å². The smallest absolute Gasteiger partial charge is 0.343 e. The molecule has 6 rings (SSSR count). The van der Waals surface area contributed by atoms with Crippen molar-refractivity contribution in [1.82, 2.24) is 30.4 Å². The summed E-state index contributed by atoms with van der Waals surface area (Å²) in [7, 11) is 0. The molecule has 0 saturated carbocycles. The van der Waals surface area contributed by atoms with Gasteiger partial charge >= 0.3 is 5.97 Å². The summed E-state index contributed by atoms with van der Waals surface area (Å²) in [5, 5.41) is 19.9. The van der Waals surface area contributed by atoms with Crippen molar-refractivity contribution in [2.24, 2.45) is 5.92 Å². The highest BCUT2D eigenvalue weighted by Gasteiger charge is 2.45. The van der Waals surface area contributed by atoms with Crippen molar-refractivity contribution in [1.29, 1.82) is 0 Å². The Hall–Kier alpha value is -6.07. The van der Waals surface area contributed by atoms with Crippen molar-refractivity contribution in [2.75, 3.05) is 19.9 Å². The number of imide groups is 1. The number of carbonyl (C=O) groups is 6. The van der Waals surface area contributed by atoms with E-state index in [1.165, 1.54) is 28.9 Å². The Morgan fingerprint density at radius 2 is 1.77 bits per heavy atom. The van der Waals surface area contributed by atoms with E-state index in [0.717, 1.165) is 21.4 Å². The van der Waals surface area contributed by atoms with Gasteiger partial charge in [-0.2, -0.15) is 0 Å². The second-order valence-corrected chi connectivity index (χ2v) is 16.2. The van der Waals surface area contributed by atoms with Crippen LogP contribution in [-0.2, 0) is 63.4 Å². The summed E-state index contributed by atoms with van der Waals surface area (Å²) in [6, 6.07) is 2.91. The summed E-state index contributed by atoms with van der Waals surface area (Å²) >= 11 is 0. The number of fused-ring (bicyclic) bond motifs is 5. The molecule has 0 bridgehead atoms. The molecule has 3 atom stereocenters. The van der Waals surface area contributed by atoms with E-state index in [9.17, 15) is 38.7 Å². The number of esters is 1. The summed E-state index contributed by atoms with van der Waals surface area (Å²) < 4.78 is 27.7. The predicted octanol–water partition coefficient (Wildman–Crippen LogP) is 3.24. The molecule has 17 heteroatoms. The summed E-state index contributed by atoms with van der Waals surface area (Å²) in [6.07, 6.45) is 7.24. The van der Waals surface area contributed by atoms with E-state index in [1.807, 2.05) is 6.07 Å². The van der Waals surface area contributed by atoms with E-state index in [1.54, 1.807) is 33.8 Å². The Balaban J connectivity index is 0.964. The number of ether oxygens (including phenoxy) is 2. The van der Waals surface area contributed by atoms with E-state index >= 15 is 4.39 Å². The standard InChI is InChI=1S/C45H53FN6O10/c1-6-33(49-42(57)39(25(3)4)50-36(53)14-9-8-11-17-51-37(54)15-16-38(51)55)41(56)47-24-61-18-12-10-13-28-26(5)32(46)21-34-29(28)19-27-22-52-35(40(27)48-34)20-31-30(43(52)58)23-62-44(59)45(31,60)7-2/h6,15-16,19-21,25,33,39,60H,1,7-14,17-18,22-24H2,2-5H3,(H,47,56)(H,49,57)(H,50,53)/t33-,39-,45-/m0/s1. The first-order valence-corrected chi connectivity index (χ1v) is 21.0. The first-order valence-electron chi connectivity index (χ1n) is 21.0. The van der Waals surface area contributed by atoms with Crippen LogP contribution in [0.2, 0.25) is 0 Å². The second-order valence-electron chi connectivity index (χ2n) is 16.2. The summed E-state index contributed by atoms with van der Waals surface area (Å²) in [5.74, 6) is -3.66. The highest BCUT2D eigenvalue weighted by atomic mass is 19.1. The Bertz CT molecular complexity index is 2390. The van der Waals surface area contributed by atoms with Gasteiger partial charge in [0.2, 0.25) is 17.7 Å². The van der Waals surface area contributed by atoms with Crippen LogP contribution in [0.25, 0.3) is 22.3 Å². The van der Waals surface area contributed by atoms with E-state index in [4.69, 9.17) is 14.5 Å². The first kappa shape index (κ1) is 45.5. The number of nitrogens with one attached hydrogen (secondary N) is 3. The number of rotatable bonds is 20. The summed E-state index contributed by atoms with van der Waals surface area (Å²) in [4.78, 5) is 94.2. The molecular formula is C45H53FN6O10. The van der Waals surface area contributed by atoms with Crippen LogP contribution in [0, 0.1) is 18.7 Å². The van der Waals surface area contributed by atoms with Gasteiger partial charge in [-0.25, -0.2) is 14.2 Å². The van der Waals surface area contributed by atoms with Gasteiger partial charge in [0.1, 0.15) is 31.2 Å². The molecule has 0 aliphatic carbocycles. The number of amides is 5. The van der Waals surface area contributed by atoms with E-state index in [2.05, 4.69) is 22.5 Å². The average Bonchev–Trinajstić information content (AvgIpc) is 3.77. The van der Waals surface area contributed by atoms with Crippen molar-refractivity contribution in [3.63, 3.8) is 0 Å². The fraction of sp³-hybridized carbons (Fsp3) is 0.467. The summed E-state index contributed by atoms with van der Waals surface area (Å²) in [5.41, 5.74) is 1.44. The van der Waals surface area contributed by atoms with Gasteiger partial charge < -0.3 is 35.1 Å². The number of aromatic nitrogens is 2. The lowest BCUT2D eigenvalue weighted by Crippen LogP contribution is -2.54. The minimum absolute atomic E-state index is 0.0196. The number of hydrogen-bond donors (Lipinski definition) is 4. The van der Waals surface area contributed by atoms with Crippen LogP contribution >= 0.6 is 0 Å². The van der Waals surface area contributed by atoms with Gasteiger partial charge in [0, 0.05) is 54.3 Å². The van der Waals surface area contributed by atoms with Crippen LogP contribution in [0.15, 0.2) is 47.8 Å². The Labute approximate surface area is 357 Å². The monoisotopic (exact) mass is 856 g/mol. The molecule has 5 amide bonds. The number of aryl methyl sites for hydroxylation is 1. The molecule has 0 unspecified atom stereocenters. The predicted molar refractivity (Wildman–Crippen MR) is 224 cm³/mol. The number of nitrogens with zero attached hydrogens (tertiary/aromatic N) is 3. The van der Waals surface area contributed by atoms with Crippen LogP contribution in [0.4, 0.5) is 4.39 Å². The highest BCUT2D eigenvalue weighted by molar-refractivity contribution is 6.12. The molecule has 4 N–H and O–H groups in total. The van der Waals surface area contributed by atoms with E-state index in [-0.39, 0.29) is 86.2 Å². The normalized spacial score (nSPS) is 17.4. The van der Waals surface area contributed by atoms with E-state index < -0.39 is 41.3 Å². The molecule has 3 aromatic rings. The lowest BCUT2D eigenvalue weighted by Gasteiger charge is -2.31. The van der Waals surface area contributed by atoms with Crippen molar-refractivity contribution < 1.29 is 47.7 Å². The molecular weight excluding hydrogens is 804 g/mol. The zero-order valence-electron chi connectivity index (χ0n) is 35.4. The van der Waals surface area contributed by atoms with Crippen LogP contribution in [0.1, 0.15) is 93.5 Å². The molecule has 62 heavy (non-hydrogen) atoms. The van der Waals surface area contributed by atoms with Gasteiger partial charge in [0.05, 0.1) is 29.0 Å². The molecule has 330 valence electrons. The third-order valence-electron chi connectivity index (χ3n) is 11.7. The molecule has 0 saturated heterocycles. The molecule has 0 radical (unpaired) electrons. The van der Waals surface area contributed by atoms with Crippen molar-refractivity contribution in [2.45, 2.75) is 110 Å². The van der Waals surface area contributed by atoms with Gasteiger partial charge in [-0.3, -0.25) is 33.7 Å². The molecule has 3 aliphatic heterocycles. The minimum Gasteiger partial charge on any atom is -0.458 e. The molecule has 2 aromatic heterocycles. The first-order chi connectivity index (χ1) is 29.6. The number of aliphatic hydroxyl groups is 1. The zero-order chi connectivity index (χ0) is 44.9. The van der Waals surface area contributed by atoms with Crippen molar-refractivity contribution in [3.05, 3.63) is 87.0 Å². The summed E-state index contributed by atoms with van der Waals surface area (Å²) in [6.45, 7) is 10.9. The number of pyridine rings is 2. The second kappa shape index (κ2) is 19.3. The van der Waals surface area contributed by atoms with Gasteiger partial charge in [-0.05, 0) is 74.6 Å². The maximum atomic E-state index is 15.3. The Morgan fingerprint density at radius 3 is 2.47 bits per heavy atom. The van der Waals surface area contributed by atoms with Gasteiger partial charge in [-0.15, -0.1) is 6.58 Å². The number of unbranched alkanes of at least 4 members (excludes halogenated alkanes) is 3. The fourth-order valence-electron chi connectivity index (χ4n) is 8.03. The molecule has 0 spiro atoms. The lowest BCUT2D eigenvalue weighted by atomic mass is 9.86. The van der Waals surface area contributed by atoms with Crippen LogP contribution < -0.4 is 21.5 Å². The molecule has 5 heterocycles. The Morgan fingerprint density at radius 1 is 1.03 bits per heavy atom. The SMILES string of the molecule is C=C[C@H](NC(=O)[C@@H](NC(=O)CCCCCN1C(=O)C=CC1=O)C(C)C)C(=O)NCOCCCCc1c(C)c(F)cc2nc3c(cc12)Cn1c-3cc2c(c1=O)COC(=O)[C@]2(O)CC. The number of hydrogen-bond acceptors (Lipinski definition) is 11. The van der Waals surface area contributed by atoms with Crippen molar-refractivity contribution >= 4 is 46.4 Å². The van der Waals surface area contributed by atoms with Crippen LogP contribution in [0.3, 0.4) is 0 Å². The fourth-order valence-corrected chi connectivity index (χ4v) is 8.03. The third-order valence-corrected chi connectivity index (χ3v) is 11.7. The Kier molecular flexibility index (Phi) is 14.2. The third kappa shape index (κ3) is 9.38.